The molecule has 1 aromatic rings. The van der Waals surface area contributed by atoms with Crippen molar-refractivity contribution in [1.82, 2.24) is 0 Å². The fourth-order valence-corrected chi connectivity index (χ4v) is 1.62. The first-order valence-corrected chi connectivity index (χ1v) is 5.01. The lowest BCUT2D eigenvalue weighted by Gasteiger charge is -2.06. The molecule has 0 aromatic heterocycles. The van der Waals surface area contributed by atoms with Crippen LogP contribution in [0.5, 0.6) is 0 Å². The molecule has 1 unspecified atom stereocenters. The molecule has 0 bridgehead atoms. The molecular weight excluding hydrogens is 206 g/mol. The average molecular weight is 216 g/mol. The summed E-state index contributed by atoms with van der Waals surface area (Å²) in [4.78, 5) is 11.0. The summed E-state index contributed by atoms with van der Waals surface area (Å²) in [5.41, 5.74) is 0.769. The molecule has 0 radical (unpaired) electrons. The van der Waals surface area contributed by atoms with Gasteiger partial charge in [0.2, 0.25) is 0 Å². The van der Waals surface area contributed by atoms with E-state index >= 15 is 0 Å². The number of carbonyl (C=O) groups is 1. The first kappa shape index (κ1) is 11.2. The van der Waals surface area contributed by atoms with Crippen molar-refractivity contribution in [3.63, 3.8) is 0 Å². The van der Waals surface area contributed by atoms with E-state index in [9.17, 15) is 13.6 Å². The maximum absolute atomic E-state index is 12.0. The summed E-state index contributed by atoms with van der Waals surface area (Å²) in [5.74, 6) is -2.66. The van der Waals surface area contributed by atoms with E-state index in [2.05, 4.69) is 0 Å². The number of carbonyl (C=O) groups excluding carboxylic acids is 1. The molecule has 76 valence electrons. The van der Waals surface area contributed by atoms with E-state index in [1.54, 1.807) is 31.2 Å². The highest BCUT2D eigenvalue weighted by Crippen LogP contribution is 2.27. The Labute approximate surface area is 85.5 Å². The SMILES string of the molecule is CC(C=O)c1cccc(SC(F)F)c1. The quantitative estimate of drug-likeness (QED) is 0.567. The summed E-state index contributed by atoms with van der Waals surface area (Å²) in [6.07, 6.45) is 0.798. The van der Waals surface area contributed by atoms with Crippen LogP contribution in [-0.2, 0) is 4.79 Å². The zero-order valence-electron chi connectivity index (χ0n) is 7.61. The Morgan fingerprint density at radius 3 is 2.71 bits per heavy atom. The minimum absolute atomic E-state index is 0.242. The third-order valence-electron chi connectivity index (χ3n) is 1.81. The Hall–Kier alpha value is -0.900. The lowest BCUT2D eigenvalue weighted by Crippen LogP contribution is -1.94. The second-order valence-corrected chi connectivity index (χ2v) is 3.94. The van der Waals surface area contributed by atoms with Crippen molar-refractivity contribution in [2.75, 3.05) is 0 Å². The molecule has 0 aliphatic rings. The molecule has 0 aliphatic heterocycles. The Morgan fingerprint density at radius 1 is 1.43 bits per heavy atom. The van der Waals surface area contributed by atoms with Gasteiger partial charge in [0.05, 0.1) is 0 Å². The van der Waals surface area contributed by atoms with Crippen LogP contribution in [0.25, 0.3) is 0 Å². The normalized spacial score (nSPS) is 12.9. The summed E-state index contributed by atoms with van der Waals surface area (Å²) < 4.78 is 24.1. The van der Waals surface area contributed by atoms with Gasteiger partial charge in [-0.3, -0.25) is 0 Å². The van der Waals surface area contributed by atoms with Crippen LogP contribution in [0.2, 0.25) is 0 Å². The molecule has 0 N–H and O–H groups in total. The Bertz CT molecular complexity index is 315. The largest absolute Gasteiger partial charge is 0.303 e. The van der Waals surface area contributed by atoms with Gasteiger partial charge in [-0.1, -0.05) is 30.8 Å². The number of alkyl halides is 2. The molecule has 0 saturated heterocycles. The van der Waals surface area contributed by atoms with Gasteiger partial charge in [-0.25, -0.2) is 0 Å². The number of benzene rings is 1. The van der Waals surface area contributed by atoms with E-state index in [0.717, 1.165) is 11.8 Å². The van der Waals surface area contributed by atoms with E-state index in [-0.39, 0.29) is 5.92 Å². The van der Waals surface area contributed by atoms with Crippen LogP contribution in [0.15, 0.2) is 29.2 Å². The van der Waals surface area contributed by atoms with Crippen molar-refractivity contribution in [2.45, 2.75) is 23.5 Å². The fraction of sp³-hybridized carbons (Fsp3) is 0.300. The van der Waals surface area contributed by atoms with Crippen molar-refractivity contribution in [3.8, 4) is 0 Å². The van der Waals surface area contributed by atoms with Gasteiger partial charge in [-0.05, 0) is 17.7 Å². The van der Waals surface area contributed by atoms with Gasteiger partial charge in [-0.15, -0.1) is 0 Å². The Morgan fingerprint density at radius 2 is 2.14 bits per heavy atom. The lowest BCUT2D eigenvalue weighted by molar-refractivity contribution is -0.108. The van der Waals surface area contributed by atoms with Gasteiger partial charge in [-0.2, -0.15) is 8.78 Å². The standard InChI is InChI=1S/C10H10F2OS/c1-7(6-13)8-3-2-4-9(5-8)14-10(11)12/h2-7,10H,1H3. The molecule has 0 spiro atoms. The molecule has 0 saturated carbocycles. The molecule has 0 aliphatic carbocycles. The average Bonchev–Trinajstić information content (AvgIpc) is 2.16. The van der Waals surface area contributed by atoms with E-state index in [4.69, 9.17) is 0 Å². The molecule has 1 atom stereocenters. The molecule has 1 nitrogen and oxygen atoms in total. The lowest BCUT2D eigenvalue weighted by atomic mass is 10.0. The number of hydrogen-bond acceptors (Lipinski definition) is 2. The van der Waals surface area contributed by atoms with Gasteiger partial charge in [0.15, 0.2) is 0 Å². The number of aldehydes is 1. The molecule has 0 amide bonds. The van der Waals surface area contributed by atoms with Crippen molar-refractivity contribution in [1.29, 1.82) is 0 Å². The summed E-state index contributed by atoms with van der Waals surface area (Å²) in [7, 11) is 0. The predicted molar refractivity (Wildman–Crippen MR) is 52.8 cm³/mol. The Balaban J connectivity index is 2.83. The van der Waals surface area contributed by atoms with Gasteiger partial charge in [0, 0.05) is 10.8 Å². The summed E-state index contributed by atoms with van der Waals surface area (Å²) >= 11 is 0.491. The zero-order chi connectivity index (χ0) is 10.6. The second kappa shape index (κ2) is 5.10. The summed E-state index contributed by atoms with van der Waals surface area (Å²) in [6.45, 7) is 1.74. The van der Waals surface area contributed by atoms with Crippen molar-refractivity contribution in [3.05, 3.63) is 29.8 Å². The van der Waals surface area contributed by atoms with Crippen molar-refractivity contribution >= 4 is 18.0 Å². The van der Waals surface area contributed by atoms with Gasteiger partial charge >= 0.3 is 0 Å². The number of halogens is 2. The van der Waals surface area contributed by atoms with Crippen LogP contribution >= 0.6 is 11.8 Å². The van der Waals surface area contributed by atoms with Crippen LogP contribution in [0.1, 0.15) is 18.4 Å². The summed E-state index contributed by atoms with van der Waals surface area (Å²) in [6, 6.07) is 6.67. The minimum Gasteiger partial charge on any atom is -0.303 e. The van der Waals surface area contributed by atoms with Gasteiger partial charge in [0.1, 0.15) is 6.29 Å². The smallest absolute Gasteiger partial charge is 0.288 e. The number of rotatable bonds is 4. The third-order valence-corrected chi connectivity index (χ3v) is 2.52. The molecule has 1 aromatic carbocycles. The highest BCUT2D eigenvalue weighted by Gasteiger charge is 2.08. The molecule has 1 rings (SSSR count). The molecule has 0 fully saturated rings. The van der Waals surface area contributed by atoms with E-state index in [1.807, 2.05) is 0 Å². The number of thioether (sulfide) groups is 1. The summed E-state index contributed by atoms with van der Waals surface area (Å²) in [5, 5.41) is 0. The maximum atomic E-state index is 12.0. The highest BCUT2D eigenvalue weighted by molar-refractivity contribution is 7.99. The van der Waals surface area contributed by atoms with Crippen LogP contribution in [-0.4, -0.2) is 12.0 Å². The molecule has 14 heavy (non-hydrogen) atoms. The van der Waals surface area contributed by atoms with Crippen molar-refractivity contribution < 1.29 is 13.6 Å². The topological polar surface area (TPSA) is 17.1 Å². The molecular formula is C10H10F2OS. The van der Waals surface area contributed by atoms with Gasteiger partial charge in [0.25, 0.3) is 5.76 Å². The number of hydrogen-bond donors (Lipinski definition) is 0. The molecule has 0 heterocycles. The van der Waals surface area contributed by atoms with Gasteiger partial charge < -0.3 is 4.79 Å². The second-order valence-electron chi connectivity index (χ2n) is 2.88. The van der Waals surface area contributed by atoms with Crippen LogP contribution in [0.3, 0.4) is 0 Å². The van der Waals surface area contributed by atoms with Crippen LogP contribution < -0.4 is 0 Å². The van der Waals surface area contributed by atoms with Crippen molar-refractivity contribution in [2.24, 2.45) is 0 Å². The molecule has 4 heteroatoms. The monoisotopic (exact) mass is 216 g/mol. The first-order valence-electron chi connectivity index (χ1n) is 4.13. The van der Waals surface area contributed by atoms with Crippen LogP contribution in [0.4, 0.5) is 8.78 Å². The minimum atomic E-state index is -2.42. The fourth-order valence-electron chi connectivity index (χ4n) is 1.05. The third kappa shape index (κ3) is 3.10. The van der Waals surface area contributed by atoms with Crippen LogP contribution in [0, 0.1) is 0 Å². The highest BCUT2D eigenvalue weighted by atomic mass is 32.2. The predicted octanol–water partition coefficient (Wildman–Crippen LogP) is 3.30. The van der Waals surface area contributed by atoms with E-state index in [1.165, 1.54) is 0 Å². The maximum Gasteiger partial charge on any atom is 0.288 e. The Kier molecular flexibility index (Phi) is 4.07. The first-order chi connectivity index (χ1) is 6.63. The zero-order valence-corrected chi connectivity index (χ0v) is 8.43. The van der Waals surface area contributed by atoms with E-state index in [0.29, 0.717) is 16.7 Å². The van der Waals surface area contributed by atoms with E-state index < -0.39 is 5.76 Å².